The minimum absolute atomic E-state index is 0.224. The van der Waals surface area contributed by atoms with Gasteiger partial charge in [0.05, 0.1) is 16.1 Å². The van der Waals surface area contributed by atoms with Crippen LogP contribution in [0.5, 0.6) is 17.2 Å². The smallest absolute Gasteiger partial charge is 0.258 e. The molecular weight excluding hydrogens is 467 g/mol. The molecule has 0 aliphatic carbocycles. The molecule has 0 bridgehead atoms. The Morgan fingerprint density at radius 3 is 2.64 bits per heavy atom. The van der Waals surface area contributed by atoms with Crippen molar-refractivity contribution in [3.05, 3.63) is 52.0 Å². The topological polar surface area (TPSA) is 89.1 Å². The molecule has 0 fully saturated rings. The normalized spacial score (nSPS) is 14.4. The van der Waals surface area contributed by atoms with Gasteiger partial charge in [-0.15, -0.1) is 0 Å². The van der Waals surface area contributed by atoms with Gasteiger partial charge in [0.1, 0.15) is 25.1 Å². The number of nitrogens with one attached hydrogen (secondary N) is 2. The number of rotatable bonds is 12. The molecule has 2 aromatic rings. The molecule has 0 radical (unpaired) electrons. The molecule has 1 aliphatic rings. The van der Waals surface area contributed by atoms with Crippen LogP contribution in [-0.2, 0) is 4.79 Å². The van der Waals surface area contributed by atoms with Gasteiger partial charge in [-0.2, -0.15) is 0 Å². The molecule has 9 heteroatoms. The lowest BCUT2D eigenvalue weighted by molar-refractivity contribution is -0.124. The number of halogens is 2. The van der Waals surface area contributed by atoms with Crippen molar-refractivity contribution in [3.8, 4) is 17.2 Å². The Morgan fingerprint density at radius 1 is 1.09 bits per heavy atom. The zero-order valence-corrected chi connectivity index (χ0v) is 20.1. The highest BCUT2D eigenvalue weighted by atomic mass is 35.5. The Hall–Kier alpha value is -2.19. The Labute approximate surface area is 204 Å². The summed E-state index contributed by atoms with van der Waals surface area (Å²) in [5, 5.41) is 18.0. The van der Waals surface area contributed by atoms with Crippen LogP contribution in [0.2, 0.25) is 10.0 Å². The molecule has 3 N–H and O–H groups in total. The van der Waals surface area contributed by atoms with E-state index in [0.29, 0.717) is 52.6 Å². The number of hydrogen-bond acceptors (Lipinski definition) is 6. The maximum atomic E-state index is 12.6. The predicted molar refractivity (Wildman–Crippen MR) is 129 cm³/mol. The highest BCUT2D eigenvalue weighted by Gasteiger charge is 2.25. The summed E-state index contributed by atoms with van der Waals surface area (Å²) in [6, 6.07) is 9.52. The fourth-order valence-corrected chi connectivity index (χ4v) is 3.73. The number of unbranched alkanes of at least 4 members (excludes halogenated alkanes) is 2. The van der Waals surface area contributed by atoms with E-state index in [1.807, 2.05) is 0 Å². The second kappa shape index (κ2) is 12.9. The van der Waals surface area contributed by atoms with E-state index in [2.05, 4.69) is 17.6 Å². The molecule has 0 unspecified atom stereocenters. The first-order chi connectivity index (χ1) is 16.0. The summed E-state index contributed by atoms with van der Waals surface area (Å²) in [4.78, 5) is 12.6. The van der Waals surface area contributed by atoms with Crippen molar-refractivity contribution in [3.63, 3.8) is 0 Å². The van der Waals surface area contributed by atoms with E-state index in [1.54, 1.807) is 36.4 Å². The quantitative estimate of drug-likeness (QED) is 0.382. The standard InChI is InChI=1S/C24H30Cl2N2O5/c1-2-3-4-9-27-14-20(24(30)16-5-8-21-22(12-16)32-11-10-31-21)28-23(29)15-33-17-6-7-18(25)19(26)13-17/h5-8,12-13,20,24,27,30H,2-4,9-11,14-15H2,1H3,(H,28,29)/t20-,24-/m1/s1. The summed E-state index contributed by atoms with van der Waals surface area (Å²) >= 11 is 11.9. The summed E-state index contributed by atoms with van der Waals surface area (Å²) in [5.74, 6) is 1.30. The van der Waals surface area contributed by atoms with Gasteiger partial charge < -0.3 is 30.0 Å². The number of aliphatic hydroxyl groups excluding tert-OH is 1. The predicted octanol–water partition coefficient (Wildman–Crippen LogP) is 4.14. The van der Waals surface area contributed by atoms with Gasteiger partial charge in [-0.05, 0) is 42.8 Å². The molecule has 0 spiro atoms. The van der Waals surface area contributed by atoms with E-state index >= 15 is 0 Å². The third-order valence-electron chi connectivity index (χ3n) is 5.22. The van der Waals surface area contributed by atoms with Crippen LogP contribution >= 0.6 is 23.2 Å². The first kappa shape index (κ1) is 25.4. The highest BCUT2D eigenvalue weighted by Crippen LogP contribution is 2.33. The molecule has 2 atom stereocenters. The van der Waals surface area contributed by atoms with E-state index in [0.717, 1.165) is 25.8 Å². The molecule has 180 valence electrons. The highest BCUT2D eigenvalue weighted by molar-refractivity contribution is 6.42. The molecule has 7 nitrogen and oxygen atoms in total. The van der Waals surface area contributed by atoms with Crippen molar-refractivity contribution in [2.45, 2.75) is 38.3 Å². The minimum atomic E-state index is -0.951. The Morgan fingerprint density at radius 2 is 1.88 bits per heavy atom. The molecule has 2 aromatic carbocycles. The van der Waals surface area contributed by atoms with Gasteiger partial charge in [-0.3, -0.25) is 4.79 Å². The van der Waals surface area contributed by atoms with Gasteiger partial charge in [0.15, 0.2) is 18.1 Å². The second-order valence-electron chi connectivity index (χ2n) is 7.80. The van der Waals surface area contributed by atoms with Crippen molar-refractivity contribution < 1.29 is 24.1 Å². The van der Waals surface area contributed by atoms with E-state index < -0.39 is 12.1 Å². The summed E-state index contributed by atoms with van der Waals surface area (Å²) in [6.45, 7) is 4.07. The number of carbonyl (C=O) groups is 1. The number of ether oxygens (including phenoxy) is 3. The van der Waals surface area contributed by atoms with Gasteiger partial charge in [0.2, 0.25) is 0 Å². The van der Waals surface area contributed by atoms with Crippen molar-refractivity contribution in [2.24, 2.45) is 0 Å². The lowest BCUT2D eigenvalue weighted by atomic mass is 10.0. The molecular formula is C24H30Cl2N2O5. The average molecular weight is 497 g/mol. The van der Waals surface area contributed by atoms with Crippen LogP contribution in [0.25, 0.3) is 0 Å². The van der Waals surface area contributed by atoms with Crippen LogP contribution in [0.4, 0.5) is 0 Å². The fourth-order valence-electron chi connectivity index (χ4n) is 3.44. The van der Waals surface area contributed by atoms with Crippen LogP contribution in [0.15, 0.2) is 36.4 Å². The van der Waals surface area contributed by atoms with Crippen LogP contribution in [-0.4, -0.2) is 50.0 Å². The lowest BCUT2D eigenvalue weighted by Gasteiger charge is -2.26. The molecule has 0 saturated carbocycles. The molecule has 0 aromatic heterocycles. The summed E-state index contributed by atoms with van der Waals surface area (Å²) < 4.78 is 16.7. The lowest BCUT2D eigenvalue weighted by Crippen LogP contribution is -2.47. The van der Waals surface area contributed by atoms with E-state index in [4.69, 9.17) is 37.4 Å². The van der Waals surface area contributed by atoms with Crippen molar-refractivity contribution in [2.75, 3.05) is 32.9 Å². The fraction of sp³-hybridized carbons (Fsp3) is 0.458. The molecule has 3 rings (SSSR count). The number of aliphatic hydroxyl groups is 1. The SMILES string of the molecule is CCCCCNC[C@@H](NC(=O)COc1ccc(Cl)c(Cl)c1)[C@H](O)c1ccc2c(c1)OCCO2. The number of hydrogen-bond donors (Lipinski definition) is 3. The molecule has 33 heavy (non-hydrogen) atoms. The van der Waals surface area contributed by atoms with E-state index in [9.17, 15) is 9.90 Å². The molecule has 1 heterocycles. The number of carbonyl (C=O) groups excluding carboxylic acids is 1. The Bertz CT molecular complexity index is 928. The van der Waals surface area contributed by atoms with Crippen LogP contribution in [0.1, 0.15) is 37.9 Å². The van der Waals surface area contributed by atoms with Gasteiger partial charge in [0.25, 0.3) is 5.91 Å². The van der Waals surface area contributed by atoms with Crippen molar-refractivity contribution in [1.29, 1.82) is 0 Å². The van der Waals surface area contributed by atoms with Crippen LogP contribution in [0.3, 0.4) is 0 Å². The van der Waals surface area contributed by atoms with Crippen LogP contribution in [0, 0.1) is 0 Å². The van der Waals surface area contributed by atoms with Gasteiger partial charge in [-0.25, -0.2) is 0 Å². The molecule has 0 saturated heterocycles. The summed E-state index contributed by atoms with van der Waals surface area (Å²) in [6.07, 6.45) is 2.31. The van der Waals surface area contributed by atoms with Gasteiger partial charge >= 0.3 is 0 Å². The maximum Gasteiger partial charge on any atom is 0.258 e. The third kappa shape index (κ3) is 7.67. The summed E-state index contributed by atoms with van der Waals surface area (Å²) in [7, 11) is 0. The first-order valence-corrected chi connectivity index (χ1v) is 11.9. The monoisotopic (exact) mass is 496 g/mol. The average Bonchev–Trinajstić information content (AvgIpc) is 2.83. The number of amides is 1. The van der Waals surface area contributed by atoms with Crippen molar-refractivity contribution in [1.82, 2.24) is 10.6 Å². The van der Waals surface area contributed by atoms with Crippen LogP contribution < -0.4 is 24.8 Å². The van der Waals surface area contributed by atoms with Crippen molar-refractivity contribution >= 4 is 29.1 Å². The minimum Gasteiger partial charge on any atom is -0.486 e. The second-order valence-corrected chi connectivity index (χ2v) is 8.61. The largest absolute Gasteiger partial charge is 0.486 e. The van der Waals surface area contributed by atoms with E-state index in [1.165, 1.54) is 0 Å². The first-order valence-electron chi connectivity index (χ1n) is 11.1. The molecule has 1 amide bonds. The zero-order valence-electron chi connectivity index (χ0n) is 18.6. The van der Waals surface area contributed by atoms with Gasteiger partial charge in [-0.1, -0.05) is 49.0 Å². The Kier molecular flexibility index (Phi) is 9.94. The number of benzene rings is 2. The van der Waals surface area contributed by atoms with Gasteiger partial charge in [0, 0.05) is 12.6 Å². The maximum absolute atomic E-state index is 12.6. The van der Waals surface area contributed by atoms with E-state index in [-0.39, 0.29) is 12.5 Å². The Balaban J connectivity index is 1.63. The zero-order chi connectivity index (χ0) is 23.6. The summed E-state index contributed by atoms with van der Waals surface area (Å²) in [5.41, 5.74) is 0.630. The molecule has 1 aliphatic heterocycles. The number of fused-ring (bicyclic) bond motifs is 1. The third-order valence-corrected chi connectivity index (χ3v) is 5.96.